The summed E-state index contributed by atoms with van der Waals surface area (Å²) in [7, 11) is -1.32. The zero-order chi connectivity index (χ0) is 26.3. The first-order valence-corrected chi connectivity index (χ1v) is 12.6. The van der Waals surface area contributed by atoms with Crippen LogP contribution in [0.4, 0.5) is 10.1 Å². The van der Waals surface area contributed by atoms with E-state index in [-0.39, 0.29) is 17.1 Å². The van der Waals surface area contributed by atoms with Crippen LogP contribution < -0.4 is 14.4 Å². The van der Waals surface area contributed by atoms with Crippen molar-refractivity contribution in [2.75, 3.05) is 25.0 Å². The lowest BCUT2D eigenvalue weighted by molar-refractivity contribution is -0.139. The number of carbonyl (C=O) groups is 2. The van der Waals surface area contributed by atoms with Crippen molar-refractivity contribution in [2.45, 2.75) is 24.4 Å². The molecule has 10 heteroatoms. The fourth-order valence-corrected chi connectivity index (χ4v) is 5.00. The van der Waals surface area contributed by atoms with Crippen molar-refractivity contribution >= 4 is 27.5 Å². The number of nitrogens with one attached hydrogen (secondary N) is 1. The molecular formula is C26H28FN3O5S. The summed E-state index contributed by atoms with van der Waals surface area (Å²) in [4.78, 5) is 27.3. The zero-order valence-electron chi connectivity index (χ0n) is 20.2. The lowest BCUT2D eigenvalue weighted by Crippen LogP contribution is -2.50. The fraction of sp³-hybridized carbons (Fsp3) is 0.231. The van der Waals surface area contributed by atoms with E-state index in [2.05, 4.69) is 5.32 Å². The summed E-state index contributed by atoms with van der Waals surface area (Å²) in [5.74, 6) is -1.08. The lowest BCUT2D eigenvalue weighted by atomic mass is 10.1. The number of amides is 2. The maximum absolute atomic E-state index is 13.6. The first kappa shape index (κ1) is 26.7. The molecule has 8 nitrogen and oxygen atoms in total. The number of ether oxygens (including phenoxy) is 1. The molecule has 0 heterocycles. The molecule has 0 aliphatic carbocycles. The van der Waals surface area contributed by atoms with Crippen molar-refractivity contribution in [3.05, 3.63) is 90.2 Å². The Morgan fingerprint density at radius 1 is 0.972 bits per heavy atom. The minimum absolute atomic E-state index is 0.0746. The van der Waals surface area contributed by atoms with E-state index in [1.807, 2.05) is 30.3 Å². The third-order valence-corrected chi connectivity index (χ3v) is 7.44. The fourth-order valence-electron chi connectivity index (χ4n) is 3.58. The number of benzene rings is 3. The number of sulfonamides is 1. The minimum atomic E-state index is -4.24. The molecular weight excluding hydrogens is 485 g/mol. The minimum Gasteiger partial charge on any atom is -0.497 e. The van der Waals surface area contributed by atoms with Gasteiger partial charge in [0.2, 0.25) is 11.8 Å². The molecule has 0 radical (unpaired) electrons. The first-order chi connectivity index (χ1) is 17.2. The molecule has 3 rings (SSSR count). The van der Waals surface area contributed by atoms with E-state index in [1.54, 1.807) is 6.92 Å². The molecule has 36 heavy (non-hydrogen) atoms. The number of nitrogens with zero attached hydrogens (tertiary/aromatic N) is 2. The summed E-state index contributed by atoms with van der Waals surface area (Å²) in [6, 6.07) is 18.7. The van der Waals surface area contributed by atoms with E-state index < -0.39 is 40.2 Å². The molecule has 0 bridgehead atoms. The third kappa shape index (κ3) is 6.19. The first-order valence-electron chi connectivity index (χ1n) is 11.1. The van der Waals surface area contributed by atoms with Gasteiger partial charge in [-0.15, -0.1) is 0 Å². The Bertz CT molecular complexity index is 1280. The number of anilines is 1. The van der Waals surface area contributed by atoms with Gasteiger partial charge >= 0.3 is 0 Å². The van der Waals surface area contributed by atoms with Gasteiger partial charge in [-0.2, -0.15) is 0 Å². The van der Waals surface area contributed by atoms with Gasteiger partial charge in [-0.25, -0.2) is 12.8 Å². The normalized spacial score (nSPS) is 11.9. The van der Waals surface area contributed by atoms with Crippen molar-refractivity contribution in [1.82, 2.24) is 10.2 Å². The molecule has 0 aliphatic heterocycles. The Morgan fingerprint density at radius 3 is 2.14 bits per heavy atom. The Labute approximate surface area is 210 Å². The molecule has 1 atom stereocenters. The van der Waals surface area contributed by atoms with Crippen molar-refractivity contribution in [3.63, 3.8) is 0 Å². The highest BCUT2D eigenvalue weighted by atomic mass is 32.2. The average molecular weight is 514 g/mol. The number of carbonyl (C=O) groups excluding carboxylic acids is 2. The number of rotatable bonds is 10. The molecule has 0 fully saturated rings. The van der Waals surface area contributed by atoms with Crippen LogP contribution in [0, 0.1) is 5.82 Å². The molecule has 0 saturated carbocycles. The maximum atomic E-state index is 13.6. The van der Waals surface area contributed by atoms with Gasteiger partial charge in [0.15, 0.2) is 0 Å². The van der Waals surface area contributed by atoms with E-state index in [1.165, 1.54) is 55.5 Å². The van der Waals surface area contributed by atoms with E-state index in [0.717, 1.165) is 22.0 Å². The number of hydrogen-bond acceptors (Lipinski definition) is 5. The van der Waals surface area contributed by atoms with Gasteiger partial charge in [0, 0.05) is 13.6 Å². The Balaban J connectivity index is 2.01. The number of halogens is 1. The van der Waals surface area contributed by atoms with E-state index in [4.69, 9.17) is 4.74 Å². The van der Waals surface area contributed by atoms with Crippen molar-refractivity contribution < 1.29 is 27.1 Å². The van der Waals surface area contributed by atoms with Gasteiger partial charge < -0.3 is 15.0 Å². The summed E-state index contributed by atoms with van der Waals surface area (Å²) in [5.41, 5.74) is 0.876. The predicted octanol–water partition coefficient (Wildman–Crippen LogP) is 3.19. The molecule has 0 unspecified atom stereocenters. The Kier molecular flexibility index (Phi) is 8.65. The SMILES string of the molecule is CNC(=O)[C@H](C)N(Cc1ccccc1)C(=O)CN(c1ccc(F)cc1)S(=O)(=O)c1ccc(OC)cc1. The highest BCUT2D eigenvalue weighted by Gasteiger charge is 2.32. The van der Waals surface area contributed by atoms with Gasteiger partial charge in [0.05, 0.1) is 17.7 Å². The molecule has 3 aromatic rings. The lowest BCUT2D eigenvalue weighted by Gasteiger charge is -2.31. The Morgan fingerprint density at radius 2 is 1.58 bits per heavy atom. The van der Waals surface area contributed by atoms with Gasteiger partial charge in [0.25, 0.3) is 10.0 Å². The van der Waals surface area contributed by atoms with Crippen LogP contribution in [-0.2, 0) is 26.2 Å². The molecule has 0 aromatic heterocycles. The summed E-state index contributed by atoms with van der Waals surface area (Å²) in [6.07, 6.45) is 0. The quantitative estimate of drug-likeness (QED) is 0.449. The standard InChI is InChI=1S/C26H28FN3O5S/c1-19(26(32)28-2)29(17-20-7-5-4-6-8-20)25(31)18-30(22-11-9-21(27)10-12-22)36(33,34)24-15-13-23(35-3)14-16-24/h4-16,19H,17-18H2,1-3H3,(H,28,32)/t19-/m0/s1. The second-order valence-corrected chi connectivity index (χ2v) is 9.82. The largest absolute Gasteiger partial charge is 0.497 e. The smallest absolute Gasteiger partial charge is 0.264 e. The van der Waals surface area contributed by atoms with Crippen LogP contribution in [0.25, 0.3) is 0 Å². The predicted molar refractivity (Wildman–Crippen MR) is 134 cm³/mol. The van der Waals surface area contributed by atoms with Crippen LogP contribution >= 0.6 is 0 Å². The van der Waals surface area contributed by atoms with Gasteiger partial charge in [-0.3, -0.25) is 13.9 Å². The van der Waals surface area contributed by atoms with Gasteiger partial charge in [0.1, 0.15) is 24.2 Å². The second-order valence-electron chi connectivity index (χ2n) is 7.96. The van der Waals surface area contributed by atoms with Crippen molar-refractivity contribution in [1.29, 1.82) is 0 Å². The summed E-state index contributed by atoms with van der Waals surface area (Å²) in [6.45, 7) is 1.06. The Hall–Kier alpha value is -3.92. The highest BCUT2D eigenvalue weighted by molar-refractivity contribution is 7.92. The third-order valence-electron chi connectivity index (χ3n) is 5.65. The average Bonchev–Trinajstić information content (AvgIpc) is 2.90. The topological polar surface area (TPSA) is 96.0 Å². The van der Waals surface area contributed by atoms with Crippen LogP contribution in [0.15, 0.2) is 83.8 Å². The molecule has 0 spiro atoms. The van der Waals surface area contributed by atoms with Crippen molar-refractivity contribution in [3.8, 4) is 5.75 Å². The van der Waals surface area contributed by atoms with Crippen LogP contribution in [0.5, 0.6) is 5.75 Å². The van der Waals surface area contributed by atoms with Crippen LogP contribution in [0.2, 0.25) is 0 Å². The van der Waals surface area contributed by atoms with Crippen molar-refractivity contribution in [2.24, 2.45) is 0 Å². The number of hydrogen-bond donors (Lipinski definition) is 1. The van der Waals surface area contributed by atoms with Crippen LogP contribution in [0.3, 0.4) is 0 Å². The van der Waals surface area contributed by atoms with E-state index in [0.29, 0.717) is 5.75 Å². The zero-order valence-corrected chi connectivity index (χ0v) is 21.0. The molecule has 1 N–H and O–H groups in total. The molecule has 3 aromatic carbocycles. The summed E-state index contributed by atoms with van der Waals surface area (Å²) in [5, 5.41) is 2.53. The van der Waals surface area contributed by atoms with Crippen LogP contribution in [0.1, 0.15) is 12.5 Å². The number of methoxy groups -OCH3 is 1. The molecule has 0 saturated heterocycles. The van der Waals surface area contributed by atoms with E-state index >= 15 is 0 Å². The maximum Gasteiger partial charge on any atom is 0.264 e. The highest BCUT2D eigenvalue weighted by Crippen LogP contribution is 2.26. The van der Waals surface area contributed by atoms with Gasteiger partial charge in [-0.1, -0.05) is 30.3 Å². The second kappa shape index (κ2) is 11.7. The van der Waals surface area contributed by atoms with Gasteiger partial charge in [-0.05, 0) is 61.0 Å². The summed E-state index contributed by atoms with van der Waals surface area (Å²) < 4.78 is 46.9. The number of likely N-dealkylation sites (N-methyl/N-ethyl adjacent to an activating group) is 1. The summed E-state index contributed by atoms with van der Waals surface area (Å²) >= 11 is 0. The molecule has 2 amide bonds. The molecule has 190 valence electrons. The molecule has 0 aliphatic rings. The van der Waals surface area contributed by atoms with Crippen LogP contribution in [-0.4, -0.2) is 51.9 Å². The monoisotopic (exact) mass is 513 g/mol. The van der Waals surface area contributed by atoms with E-state index in [9.17, 15) is 22.4 Å².